The number of hydrogen-bond acceptors (Lipinski definition) is 5. The summed E-state index contributed by atoms with van der Waals surface area (Å²) in [6.45, 7) is 6.51. The van der Waals surface area contributed by atoms with Crippen molar-refractivity contribution in [1.29, 1.82) is 0 Å². The summed E-state index contributed by atoms with van der Waals surface area (Å²) in [6.07, 6.45) is 17.3. The van der Waals surface area contributed by atoms with Crippen LogP contribution in [-0.4, -0.2) is 26.8 Å². The summed E-state index contributed by atoms with van der Waals surface area (Å²) in [5.74, 6) is 1.58. The van der Waals surface area contributed by atoms with Crippen molar-refractivity contribution < 1.29 is 9.59 Å². The molecule has 3 rings (SSSR count). The van der Waals surface area contributed by atoms with Crippen LogP contribution >= 0.6 is 0 Å². The Morgan fingerprint density at radius 1 is 0.853 bits per heavy atom. The molecule has 7 heteroatoms. The number of hydrogen-bond donors (Lipinski definition) is 2. The lowest BCUT2D eigenvalue weighted by Crippen LogP contribution is -2.28. The van der Waals surface area contributed by atoms with Crippen molar-refractivity contribution in [2.24, 2.45) is 5.92 Å². The van der Waals surface area contributed by atoms with Gasteiger partial charge in [0.25, 0.3) is 0 Å². The molecule has 2 amide bonds. The molecule has 7 nitrogen and oxygen atoms in total. The monoisotopic (exact) mass is 469 g/mol. The van der Waals surface area contributed by atoms with Crippen molar-refractivity contribution in [3.05, 3.63) is 17.5 Å². The van der Waals surface area contributed by atoms with E-state index in [1.165, 1.54) is 31.3 Å². The summed E-state index contributed by atoms with van der Waals surface area (Å²) in [4.78, 5) is 38.9. The second-order valence-electron chi connectivity index (χ2n) is 10.2. The number of allylic oxidation sites excluding steroid dienone is 2. The first-order valence-electron chi connectivity index (χ1n) is 13.5. The summed E-state index contributed by atoms with van der Waals surface area (Å²) in [5.41, 5.74) is 1.09. The summed E-state index contributed by atoms with van der Waals surface area (Å²) in [5, 5.41) is 5.75. The molecule has 1 aromatic rings. The molecule has 1 saturated carbocycles. The highest BCUT2D eigenvalue weighted by molar-refractivity contribution is 5.90. The van der Waals surface area contributed by atoms with E-state index in [4.69, 9.17) is 9.97 Å². The molecule has 0 aliphatic heterocycles. The van der Waals surface area contributed by atoms with Gasteiger partial charge >= 0.3 is 0 Å². The van der Waals surface area contributed by atoms with Crippen molar-refractivity contribution in [2.45, 2.75) is 122 Å². The van der Waals surface area contributed by atoms with E-state index in [1.807, 2.05) is 0 Å². The third kappa shape index (κ3) is 7.09. The van der Waals surface area contributed by atoms with Crippen LogP contribution in [0, 0.1) is 5.92 Å². The maximum absolute atomic E-state index is 12.6. The molecule has 0 spiro atoms. The number of aromatic nitrogens is 3. The highest BCUT2D eigenvalue weighted by Gasteiger charge is 2.48. The summed E-state index contributed by atoms with van der Waals surface area (Å²) in [6, 6.07) is 0. The van der Waals surface area contributed by atoms with E-state index in [-0.39, 0.29) is 29.1 Å². The van der Waals surface area contributed by atoms with Gasteiger partial charge in [0.1, 0.15) is 5.82 Å². The summed E-state index contributed by atoms with van der Waals surface area (Å²) in [7, 11) is 0. The van der Waals surface area contributed by atoms with Gasteiger partial charge in [-0.1, -0.05) is 76.9 Å². The van der Waals surface area contributed by atoms with Crippen LogP contribution in [0.3, 0.4) is 0 Å². The minimum absolute atomic E-state index is 0.0812. The first kappa shape index (κ1) is 26.3. The van der Waals surface area contributed by atoms with Gasteiger partial charge in [-0.25, -0.2) is 0 Å². The van der Waals surface area contributed by atoms with E-state index in [2.05, 4.69) is 42.5 Å². The van der Waals surface area contributed by atoms with Crippen molar-refractivity contribution in [3.8, 4) is 0 Å². The molecule has 2 bridgehead atoms. The number of unbranched alkanes of at least 4 members (excludes halogenated alkanes) is 8. The van der Waals surface area contributed by atoms with E-state index in [0.29, 0.717) is 24.6 Å². The van der Waals surface area contributed by atoms with Crippen molar-refractivity contribution in [1.82, 2.24) is 15.0 Å². The Labute approximate surface area is 205 Å². The van der Waals surface area contributed by atoms with Gasteiger partial charge < -0.3 is 0 Å². The van der Waals surface area contributed by atoms with E-state index >= 15 is 0 Å². The van der Waals surface area contributed by atoms with Crippen LogP contribution in [-0.2, 0) is 15.0 Å². The topological polar surface area (TPSA) is 96.9 Å². The molecule has 2 N–H and O–H groups in total. The van der Waals surface area contributed by atoms with Gasteiger partial charge in [0, 0.05) is 12.8 Å². The average Bonchev–Trinajstić information content (AvgIpc) is 3.37. The first-order valence-corrected chi connectivity index (χ1v) is 13.5. The van der Waals surface area contributed by atoms with Crippen LogP contribution < -0.4 is 10.6 Å². The van der Waals surface area contributed by atoms with Gasteiger partial charge in [0.15, 0.2) is 0 Å². The van der Waals surface area contributed by atoms with Crippen molar-refractivity contribution in [3.63, 3.8) is 0 Å². The normalized spacial score (nSPS) is 20.9. The van der Waals surface area contributed by atoms with Crippen LogP contribution in [0.1, 0.15) is 123 Å². The minimum atomic E-state index is -0.202. The van der Waals surface area contributed by atoms with Gasteiger partial charge in [0.2, 0.25) is 23.7 Å². The fraction of sp³-hybridized carbons (Fsp3) is 0.741. The van der Waals surface area contributed by atoms with Crippen LogP contribution in [0.5, 0.6) is 0 Å². The van der Waals surface area contributed by atoms with Crippen LogP contribution in [0.15, 0.2) is 11.6 Å². The number of rotatable bonds is 15. The maximum atomic E-state index is 12.6. The van der Waals surface area contributed by atoms with Crippen LogP contribution in [0.25, 0.3) is 0 Å². The van der Waals surface area contributed by atoms with Crippen molar-refractivity contribution >= 4 is 23.7 Å². The largest absolute Gasteiger partial charge is 0.294 e. The molecular formula is C27H43N5O2. The number of nitrogens with one attached hydrogen (secondary N) is 2. The van der Waals surface area contributed by atoms with Gasteiger partial charge in [-0.15, -0.1) is 0 Å². The van der Waals surface area contributed by atoms with Gasteiger partial charge in [-0.3, -0.25) is 20.2 Å². The Hall–Kier alpha value is -2.31. The Morgan fingerprint density at radius 2 is 1.38 bits per heavy atom. The lowest BCUT2D eigenvalue weighted by Gasteiger charge is -2.27. The van der Waals surface area contributed by atoms with E-state index in [9.17, 15) is 9.59 Å². The molecule has 1 fully saturated rings. The average molecular weight is 470 g/mol. The Morgan fingerprint density at radius 3 is 1.82 bits per heavy atom. The zero-order chi connectivity index (χ0) is 24.4. The number of amides is 2. The lowest BCUT2D eigenvalue weighted by molar-refractivity contribution is -0.117. The van der Waals surface area contributed by atoms with E-state index in [1.54, 1.807) is 0 Å². The third-order valence-corrected chi connectivity index (χ3v) is 7.37. The predicted octanol–water partition coefficient (Wildman–Crippen LogP) is 6.47. The lowest BCUT2D eigenvalue weighted by atomic mass is 9.80. The highest BCUT2D eigenvalue weighted by Crippen LogP contribution is 2.54. The Kier molecular flexibility index (Phi) is 10.0. The maximum Gasteiger partial charge on any atom is 0.234 e. The fourth-order valence-corrected chi connectivity index (χ4v) is 5.33. The molecule has 2 aliphatic carbocycles. The molecule has 1 aromatic heterocycles. The van der Waals surface area contributed by atoms with Crippen LogP contribution in [0.4, 0.5) is 11.9 Å². The second kappa shape index (κ2) is 13.0. The zero-order valence-electron chi connectivity index (χ0n) is 21.4. The first-order chi connectivity index (χ1) is 16.5. The molecule has 0 radical (unpaired) electrons. The number of carbonyl (C=O) groups is 2. The Bertz CT molecular complexity index is 822. The molecular weight excluding hydrogens is 426 g/mol. The molecule has 34 heavy (non-hydrogen) atoms. The Balaban J connectivity index is 1.68. The summed E-state index contributed by atoms with van der Waals surface area (Å²) >= 11 is 0. The quantitative estimate of drug-likeness (QED) is 0.227. The SMILES string of the molecule is CCCCCCCC(=O)Nc1nc(NC(=O)CCCCCCC)nc(C23CCC(C=C2C)C3)n1. The zero-order valence-corrected chi connectivity index (χ0v) is 21.4. The molecule has 1 heterocycles. The van der Waals surface area contributed by atoms with Gasteiger partial charge in [-0.2, -0.15) is 15.0 Å². The van der Waals surface area contributed by atoms with Crippen molar-refractivity contribution in [2.75, 3.05) is 10.6 Å². The highest BCUT2D eigenvalue weighted by atomic mass is 16.2. The number of nitrogens with zero attached hydrogens (tertiary/aromatic N) is 3. The smallest absolute Gasteiger partial charge is 0.234 e. The molecule has 2 aliphatic rings. The minimum Gasteiger partial charge on any atom is -0.294 e. The number of anilines is 2. The fourth-order valence-electron chi connectivity index (χ4n) is 5.33. The molecule has 2 atom stereocenters. The molecule has 2 unspecified atom stereocenters. The van der Waals surface area contributed by atoms with Crippen LogP contribution in [0.2, 0.25) is 0 Å². The standard InChI is InChI=1S/C27H43N5O2/c1-4-6-8-10-12-14-22(33)28-25-30-24(27-17-16-21(19-27)18-20(27)3)31-26(32-25)29-23(34)15-13-11-9-7-5-2/h18,21H,4-17,19H2,1-3H3,(H2,28,29,30,31,32,33,34). The van der Waals surface area contributed by atoms with Gasteiger partial charge in [-0.05, 0) is 44.9 Å². The van der Waals surface area contributed by atoms with Gasteiger partial charge in [0.05, 0.1) is 5.41 Å². The molecule has 0 saturated heterocycles. The number of fused-ring (bicyclic) bond motifs is 2. The number of carbonyl (C=O) groups excluding carboxylic acids is 2. The predicted molar refractivity (Wildman–Crippen MR) is 137 cm³/mol. The van der Waals surface area contributed by atoms with E-state index < -0.39 is 0 Å². The molecule has 188 valence electrons. The second-order valence-corrected chi connectivity index (χ2v) is 10.2. The molecule has 0 aromatic carbocycles. The van der Waals surface area contributed by atoms with E-state index in [0.717, 1.165) is 57.8 Å². The third-order valence-electron chi connectivity index (χ3n) is 7.37. The summed E-state index contributed by atoms with van der Waals surface area (Å²) < 4.78 is 0.